The maximum atomic E-state index is 13.6. The van der Waals surface area contributed by atoms with Crippen LogP contribution in [0.3, 0.4) is 0 Å². The van der Waals surface area contributed by atoms with Crippen molar-refractivity contribution >= 4 is 12.2 Å². The molecule has 0 aliphatic carbocycles. The topological polar surface area (TPSA) is 123 Å². The van der Waals surface area contributed by atoms with E-state index in [9.17, 15) is 24.6 Å². The van der Waals surface area contributed by atoms with Crippen LogP contribution in [-0.2, 0) is 0 Å². The van der Waals surface area contributed by atoms with E-state index in [1.165, 1.54) is 50.6 Å². The van der Waals surface area contributed by atoms with Gasteiger partial charge in [0.25, 0.3) is 11.4 Å². The van der Waals surface area contributed by atoms with Crippen LogP contribution in [0.1, 0.15) is 34.5 Å². The van der Waals surface area contributed by atoms with Gasteiger partial charge >= 0.3 is 0 Å². The van der Waals surface area contributed by atoms with Gasteiger partial charge in [-0.25, -0.2) is 4.39 Å². The van der Waals surface area contributed by atoms with E-state index in [2.05, 4.69) is 0 Å². The fraction of sp³-hybridized carbons (Fsp3) is 0.125. The summed E-state index contributed by atoms with van der Waals surface area (Å²) in [5, 5.41) is 24.0. The quantitative estimate of drug-likeness (QED) is 0.168. The second-order valence-electron chi connectivity index (χ2n) is 9.76. The molecule has 2 heterocycles. The Bertz CT molecular complexity index is 1830. The highest BCUT2D eigenvalue weighted by atomic mass is 19.1. The van der Waals surface area contributed by atoms with Gasteiger partial charge in [0.2, 0.25) is 12.2 Å². The molecule has 0 saturated heterocycles. The normalized spacial score (nSPS) is 16.8. The van der Waals surface area contributed by atoms with Crippen LogP contribution >= 0.6 is 0 Å². The van der Waals surface area contributed by atoms with Crippen LogP contribution in [0, 0.1) is 26.0 Å². The number of methoxy groups -OCH3 is 2. The molecular weight excluding hydrogens is 559 g/mol. The van der Waals surface area contributed by atoms with Gasteiger partial charge in [-0.1, -0.05) is 42.5 Å². The Hall–Kier alpha value is -5.71. The lowest BCUT2D eigenvalue weighted by Gasteiger charge is -2.26. The molecule has 6 rings (SSSR count). The number of rotatable bonds is 7. The minimum Gasteiger partial charge on any atom is -0.496 e. The molecule has 0 saturated carbocycles. The van der Waals surface area contributed by atoms with Crippen LogP contribution in [0.15, 0.2) is 90.3 Å². The molecule has 2 aliphatic rings. The summed E-state index contributed by atoms with van der Waals surface area (Å²) in [6.07, 6.45) is 0.688. The molecule has 216 valence electrons. The zero-order chi connectivity index (χ0) is 30.2. The monoisotopic (exact) mass is 582 g/mol. The van der Waals surface area contributed by atoms with E-state index in [0.29, 0.717) is 50.6 Å². The summed E-state index contributed by atoms with van der Waals surface area (Å²) >= 11 is 0. The summed E-state index contributed by atoms with van der Waals surface area (Å²) in [6, 6.07) is 20.8. The number of para-hydroxylation sites is 1. The summed E-state index contributed by atoms with van der Waals surface area (Å²) in [7, 11) is 2.91. The molecule has 4 aromatic carbocycles. The Kier molecular flexibility index (Phi) is 6.98. The standard InChI is InChI=1S/C32H23FN2O8/c1-40-28-14-10-19(15-24(28)31-26(35(38)39)16-20-5-3-4-6-27(20)42-31)23-13-9-21-17-25(34(36)37)29(43-30(21)32(23)41-2)18-7-11-22(33)12-8-18/h3-17,29,31H,1-2H3. The van der Waals surface area contributed by atoms with Crippen molar-refractivity contribution in [1.29, 1.82) is 0 Å². The van der Waals surface area contributed by atoms with Crippen molar-refractivity contribution in [2.45, 2.75) is 12.2 Å². The van der Waals surface area contributed by atoms with Crippen molar-refractivity contribution < 1.29 is 33.2 Å². The molecule has 0 bridgehead atoms. The van der Waals surface area contributed by atoms with Gasteiger partial charge in [-0.2, -0.15) is 0 Å². The first-order valence-corrected chi connectivity index (χ1v) is 13.1. The number of hydrogen-bond donors (Lipinski definition) is 0. The molecular formula is C32H23FN2O8. The highest BCUT2D eigenvalue weighted by Crippen LogP contribution is 2.49. The van der Waals surface area contributed by atoms with Crippen molar-refractivity contribution in [2.24, 2.45) is 0 Å². The molecule has 0 spiro atoms. The fourth-order valence-electron chi connectivity index (χ4n) is 5.29. The van der Waals surface area contributed by atoms with Crippen LogP contribution in [0.2, 0.25) is 0 Å². The molecule has 11 heteroatoms. The van der Waals surface area contributed by atoms with Crippen molar-refractivity contribution in [1.82, 2.24) is 0 Å². The van der Waals surface area contributed by atoms with Gasteiger partial charge in [0.05, 0.1) is 24.1 Å². The number of halogens is 1. The number of ether oxygens (including phenoxy) is 4. The van der Waals surface area contributed by atoms with Gasteiger partial charge in [-0.05, 0) is 42.0 Å². The van der Waals surface area contributed by atoms with Gasteiger partial charge in [0.15, 0.2) is 11.5 Å². The molecule has 43 heavy (non-hydrogen) atoms. The van der Waals surface area contributed by atoms with E-state index in [0.717, 1.165) is 0 Å². The predicted octanol–water partition coefficient (Wildman–Crippen LogP) is 7.01. The number of nitro groups is 2. The molecule has 10 nitrogen and oxygen atoms in total. The van der Waals surface area contributed by atoms with Crippen molar-refractivity contribution in [3.63, 3.8) is 0 Å². The lowest BCUT2D eigenvalue weighted by molar-refractivity contribution is -0.434. The Morgan fingerprint density at radius 3 is 2.16 bits per heavy atom. The first kappa shape index (κ1) is 27.5. The van der Waals surface area contributed by atoms with E-state index in [1.807, 2.05) is 0 Å². The number of fused-ring (bicyclic) bond motifs is 2. The Morgan fingerprint density at radius 2 is 1.47 bits per heavy atom. The van der Waals surface area contributed by atoms with Gasteiger partial charge in [-0.15, -0.1) is 0 Å². The molecule has 2 aliphatic heterocycles. The summed E-state index contributed by atoms with van der Waals surface area (Å²) in [5.41, 5.74) is 2.61. The zero-order valence-electron chi connectivity index (χ0n) is 22.9. The molecule has 0 radical (unpaired) electrons. The average Bonchev–Trinajstić information content (AvgIpc) is 3.02. The number of hydrogen-bond acceptors (Lipinski definition) is 8. The third-order valence-electron chi connectivity index (χ3n) is 7.31. The number of nitrogens with zero attached hydrogens (tertiary/aromatic N) is 2. The highest BCUT2D eigenvalue weighted by Gasteiger charge is 2.37. The van der Waals surface area contributed by atoms with Crippen LogP contribution in [-0.4, -0.2) is 24.1 Å². The zero-order valence-corrected chi connectivity index (χ0v) is 22.9. The third kappa shape index (κ3) is 4.90. The van der Waals surface area contributed by atoms with Crippen LogP contribution in [0.25, 0.3) is 23.3 Å². The van der Waals surface area contributed by atoms with Crippen molar-refractivity contribution in [3.05, 3.63) is 139 Å². The van der Waals surface area contributed by atoms with Crippen LogP contribution < -0.4 is 18.9 Å². The Balaban J connectivity index is 1.47. The molecule has 0 N–H and O–H groups in total. The number of benzene rings is 4. The first-order chi connectivity index (χ1) is 20.8. The maximum Gasteiger partial charge on any atom is 0.291 e. The smallest absolute Gasteiger partial charge is 0.291 e. The predicted molar refractivity (Wildman–Crippen MR) is 155 cm³/mol. The summed E-state index contributed by atoms with van der Waals surface area (Å²) in [6.45, 7) is 0. The fourth-order valence-corrected chi connectivity index (χ4v) is 5.29. The van der Waals surface area contributed by atoms with Crippen LogP contribution in [0.4, 0.5) is 4.39 Å². The van der Waals surface area contributed by atoms with E-state index in [4.69, 9.17) is 18.9 Å². The van der Waals surface area contributed by atoms with E-state index >= 15 is 0 Å². The second kappa shape index (κ2) is 10.9. The van der Waals surface area contributed by atoms with Gasteiger partial charge in [0.1, 0.15) is 17.3 Å². The van der Waals surface area contributed by atoms with Gasteiger partial charge in [-0.3, -0.25) is 20.2 Å². The molecule has 0 fully saturated rings. The summed E-state index contributed by atoms with van der Waals surface area (Å²) in [5.74, 6) is 0.933. The Morgan fingerprint density at radius 1 is 0.767 bits per heavy atom. The molecule has 0 amide bonds. The maximum absolute atomic E-state index is 13.6. The summed E-state index contributed by atoms with van der Waals surface area (Å²) in [4.78, 5) is 23.0. The molecule has 2 unspecified atom stereocenters. The minimum atomic E-state index is -1.12. The lowest BCUT2D eigenvalue weighted by Crippen LogP contribution is -2.20. The summed E-state index contributed by atoms with van der Waals surface area (Å²) < 4.78 is 37.3. The van der Waals surface area contributed by atoms with Gasteiger partial charge in [0, 0.05) is 40.0 Å². The van der Waals surface area contributed by atoms with Crippen molar-refractivity contribution in [2.75, 3.05) is 14.2 Å². The Labute approximate surface area is 244 Å². The lowest BCUT2D eigenvalue weighted by atomic mass is 9.93. The SMILES string of the molecule is COc1ccc(-c2ccc3c(c2OC)OC(c2ccc(F)cc2)C([N+](=O)[O-])=C3)cc1C1Oc2ccccc2C=C1[N+](=O)[O-]. The van der Waals surface area contributed by atoms with Crippen LogP contribution in [0.5, 0.6) is 23.0 Å². The molecule has 2 atom stereocenters. The van der Waals surface area contributed by atoms with Gasteiger partial charge < -0.3 is 18.9 Å². The third-order valence-corrected chi connectivity index (χ3v) is 7.31. The van der Waals surface area contributed by atoms with E-state index < -0.39 is 27.9 Å². The van der Waals surface area contributed by atoms with E-state index in [-0.39, 0.29) is 17.1 Å². The first-order valence-electron chi connectivity index (χ1n) is 13.1. The molecule has 4 aromatic rings. The largest absolute Gasteiger partial charge is 0.496 e. The molecule has 0 aromatic heterocycles. The second-order valence-corrected chi connectivity index (χ2v) is 9.76. The average molecular weight is 583 g/mol. The van der Waals surface area contributed by atoms with E-state index in [1.54, 1.807) is 54.6 Å². The highest BCUT2D eigenvalue weighted by molar-refractivity contribution is 5.80. The minimum absolute atomic E-state index is 0.158. The van der Waals surface area contributed by atoms with Crippen molar-refractivity contribution in [3.8, 4) is 34.1 Å².